The molecule has 3 amide bonds. The molecule has 4 aromatic carbocycles. The average Bonchev–Trinajstić information content (AvgIpc) is 3.45. The molecule has 1 aliphatic heterocycles. The number of likely N-dealkylation sites (tertiary alicyclic amines) is 1. The van der Waals surface area contributed by atoms with Gasteiger partial charge in [-0.2, -0.15) is 0 Å². The second kappa shape index (κ2) is 14.0. The van der Waals surface area contributed by atoms with Gasteiger partial charge in [0, 0.05) is 42.1 Å². The summed E-state index contributed by atoms with van der Waals surface area (Å²) in [6, 6.07) is 30.2. The van der Waals surface area contributed by atoms with Crippen molar-refractivity contribution in [3.8, 4) is 0 Å². The summed E-state index contributed by atoms with van der Waals surface area (Å²) < 4.78 is 5.38. The van der Waals surface area contributed by atoms with Gasteiger partial charge in [0.05, 0.1) is 0 Å². The van der Waals surface area contributed by atoms with Crippen molar-refractivity contribution in [2.75, 3.05) is 13.1 Å². The van der Waals surface area contributed by atoms with Crippen LogP contribution in [-0.2, 0) is 22.6 Å². The molecule has 3 atom stereocenters. The number of rotatable bonds is 10. The van der Waals surface area contributed by atoms with Gasteiger partial charge in [0.1, 0.15) is 12.6 Å². The third kappa shape index (κ3) is 7.69. The molecule has 1 aliphatic rings. The monoisotopic (exact) mass is 576 g/mol. The lowest BCUT2D eigenvalue weighted by molar-refractivity contribution is -0.123. The first-order valence-electron chi connectivity index (χ1n) is 14.1. The van der Waals surface area contributed by atoms with Gasteiger partial charge in [0.15, 0.2) is 0 Å². The first-order valence-corrected chi connectivity index (χ1v) is 14.1. The maximum Gasteiger partial charge on any atom is 0.408 e. The fraction of sp³-hybridized carbons (Fsp3) is 0.242. The van der Waals surface area contributed by atoms with E-state index in [1.54, 1.807) is 11.0 Å². The summed E-state index contributed by atoms with van der Waals surface area (Å²) in [6.45, 7) is 0.390. The Bertz CT molecular complexity index is 1620. The van der Waals surface area contributed by atoms with Gasteiger partial charge in [-0.25, -0.2) is 4.79 Å². The molecule has 5 rings (SSSR count). The fourth-order valence-electron chi connectivity index (χ4n) is 5.33. The van der Waals surface area contributed by atoms with Crippen molar-refractivity contribution >= 4 is 28.7 Å². The van der Waals surface area contributed by atoms with Crippen molar-refractivity contribution in [1.82, 2.24) is 15.5 Å². The highest BCUT2D eigenvalue weighted by Gasteiger charge is 2.37. The molecule has 0 spiro atoms. The Morgan fingerprint density at radius 1 is 0.907 bits per heavy atom. The highest BCUT2D eigenvalue weighted by molar-refractivity contribution is 5.99. The van der Waals surface area contributed by atoms with Crippen LogP contribution in [0, 0.1) is 0 Å². The number of hydrogen-bond acceptors (Lipinski definition) is 5. The summed E-state index contributed by atoms with van der Waals surface area (Å²) in [7, 11) is 0. The van der Waals surface area contributed by atoms with Crippen molar-refractivity contribution in [1.29, 1.82) is 0 Å². The summed E-state index contributed by atoms with van der Waals surface area (Å²) in [5.74, 6) is -0.600. The van der Waals surface area contributed by atoms with E-state index in [1.807, 2.05) is 97.1 Å². The number of azide groups is 1. The average molecular weight is 577 g/mol. The number of nitrogens with zero attached hydrogens (tertiary/aromatic N) is 4. The lowest BCUT2D eigenvalue weighted by atomic mass is 10.0. The van der Waals surface area contributed by atoms with Gasteiger partial charge in [-0.05, 0) is 46.0 Å². The number of amides is 3. The molecule has 0 bridgehead atoms. The normalized spacial score (nSPS) is 16.6. The Kier molecular flexibility index (Phi) is 9.51. The van der Waals surface area contributed by atoms with Crippen LogP contribution in [0.5, 0.6) is 0 Å². The topological polar surface area (TPSA) is 136 Å². The van der Waals surface area contributed by atoms with Crippen molar-refractivity contribution in [2.45, 2.75) is 37.6 Å². The number of ether oxygens (including phenoxy) is 1. The summed E-state index contributed by atoms with van der Waals surface area (Å²) in [5.41, 5.74) is 11.2. The summed E-state index contributed by atoms with van der Waals surface area (Å²) in [6.07, 6.45) is -0.0526. The number of hydrogen-bond donors (Lipinski definition) is 2. The van der Waals surface area contributed by atoms with E-state index in [1.165, 1.54) is 0 Å². The minimum Gasteiger partial charge on any atom is -0.445 e. The number of benzene rings is 4. The maximum absolute atomic E-state index is 13.6. The summed E-state index contributed by atoms with van der Waals surface area (Å²) in [5, 5.41) is 11.4. The molecule has 1 heterocycles. The molecular weight excluding hydrogens is 544 g/mol. The van der Waals surface area contributed by atoms with Crippen molar-refractivity contribution < 1.29 is 19.1 Å². The third-order valence-corrected chi connectivity index (χ3v) is 7.48. The number of nitrogens with one attached hydrogen (secondary N) is 2. The van der Waals surface area contributed by atoms with Crippen LogP contribution in [0.25, 0.3) is 21.2 Å². The minimum atomic E-state index is -0.911. The fourth-order valence-corrected chi connectivity index (χ4v) is 5.33. The zero-order chi connectivity index (χ0) is 30.0. The standard InChI is InChI=1S/C33H32N6O4/c34-38-35-20-29-19-28(21-39(29)32(41)27-16-15-25-13-7-8-14-26(25)18-27)36-31(40)30(17-23-9-3-1-4-10-23)37-33(42)43-22-24-11-5-2-6-12-24/h1-16,18,28-30H,17,19-22H2,(H,36,40)(H,37,42)/t28-,29-,30-/m0/s1. The molecule has 0 saturated carbocycles. The van der Waals surface area contributed by atoms with E-state index >= 15 is 0 Å². The van der Waals surface area contributed by atoms with Crippen LogP contribution in [0.15, 0.2) is 108 Å². The maximum atomic E-state index is 13.6. The van der Waals surface area contributed by atoms with Gasteiger partial charge in [0.2, 0.25) is 5.91 Å². The Labute approximate surface area is 249 Å². The van der Waals surface area contributed by atoms with Gasteiger partial charge in [-0.15, -0.1) is 0 Å². The molecule has 218 valence electrons. The first kappa shape index (κ1) is 29.2. The van der Waals surface area contributed by atoms with E-state index in [0.717, 1.165) is 21.9 Å². The van der Waals surface area contributed by atoms with Crippen LogP contribution in [0.3, 0.4) is 0 Å². The lowest BCUT2D eigenvalue weighted by Gasteiger charge is -2.24. The zero-order valence-corrected chi connectivity index (χ0v) is 23.5. The first-order chi connectivity index (χ1) is 21.0. The van der Waals surface area contributed by atoms with Gasteiger partial charge in [0.25, 0.3) is 5.91 Å². The van der Waals surface area contributed by atoms with Crippen LogP contribution >= 0.6 is 0 Å². The van der Waals surface area contributed by atoms with E-state index in [9.17, 15) is 14.4 Å². The molecule has 2 N–H and O–H groups in total. The van der Waals surface area contributed by atoms with E-state index in [2.05, 4.69) is 20.7 Å². The SMILES string of the molecule is [N-]=[N+]=NC[C@@H]1C[C@H](NC(=O)[C@H](Cc2ccccc2)NC(=O)OCc2ccccc2)CN1C(=O)c1ccc2ccccc2c1. The molecule has 43 heavy (non-hydrogen) atoms. The predicted molar refractivity (Wildman–Crippen MR) is 163 cm³/mol. The Morgan fingerprint density at radius 3 is 2.30 bits per heavy atom. The molecule has 0 aliphatic carbocycles. The van der Waals surface area contributed by atoms with E-state index in [0.29, 0.717) is 12.0 Å². The molecule has 10 heteroatoms. The van der Waals surface area contributed by atoms with Crippen molar-refractivity contribution in [3.63, 3.8) is 0 Å². The van der Waals surface area contributed by atoms with Crippen molar-refractivity contribution in [3.05, 3.63) is 130 Å². The van der Waals surface area contributed by atoms with Gasteiger partial charge < -0.3 is 20.3 Å². The summed E-state index contributed by atoms with van der Waals surface area (Å²) in [4.78, 5) is 44.4. The molecular formula is C33H32N6O4. The van der Waals surface area contributed by atoms with E-state index < -0.39 is 30.1 Å². The molecule has 0 radical (unpaired) electrons. The number of alkyl carbamates (subject to hydrolysis) is 1. The highest BCUT2D eigenvalue weighted by atomic mass is 16.5. The largest absolute Gasteiger partial charge is 0.445 e. The molecule has 1 saturated heterocycles. The quantitative estimate of drug-likeness (QED) is 0.149. The minimum absolute atomic E-state index is 0.0713. The number of fused-ring (bicyclic) bond motifs is 1. The predicted octanol–water partition coefficient (Wildman–Crippen LogP) is 5.39. The Balaban J connectivity index is 1.28. The second-order valence-electron chi connectivity index (χ2n) is 10.5. The molecule has 1 fully saturated rings. The van der Waals surface area contributed by atoms with Crippen LogP contribution in [-0.4, -0.2) is 54.0 Å². The van der Waals surface area contributed by atoms with Gasteiger partial charge in [-0.3, -0.25) is 9.59 Å². The van der Waals surface area contributed by atoms with Gasteiger partial charge >= 0.3 is 6.09 Å². The van der Waals surface area contributed by atoms with Crippen LogP contribution in [0.4, 0.5) is 4.79 Å². The molecule has 0 aromatic heterocycles. The molecule has 10 nitrogen and oxygen atoms in total. The second-order valence-corrected chi connectivity index (χ2v) is 10.5. The lowest BCUT2D eigenvalue weighted by Crippen LogP contribution is -2.51. The molecule has 4 aromatic rings. The Hall–Kier alpha value is -5.34. The van der Waals surface area contributed by atoms with E-state index in [-0.39, 0.29) is 32.0 Å². The van der Waals surface area contributed by atoms with Crippen LogP contribution in [0.2, 0.25) is 0 Å². The number of carbonyl (C=O) groups excluding carboxylic acids is 3. The van der Waals surface area contributed by atoms with Crippen LogP contribution in [0.1, 0.15) is 27.9 Å². The van der Waals surface area contributed by atoms with Crippen molar-refractivity contribution in [2.24, 2.45) is 5.11 Å². The zero-order valence-electron chi connectivity index (χ0n) is 23.5. The van der Waals surface area contributed by atoms with E-state index in [4.69, 9.17) is 10.3 Å². The smallest absolute Gasteiger partial charge is 0.408 e. The third-order valence-electron chi connectivity index (χ3n) is 7.48. The van der Waals surface area contributed by atoms with Crippen LogP contribution < -0.4 is 10.6 Å². The number of carbonyl (C=O) groups is 3. The highest BCUT2D eigenvalue weighted by Crippen LogP contribution is 2.24. The molecule has 0 unspecified atom stereocenters. The summed E-state index contributed by atoms with van der Waals surface area (Å²) >= 11 is 0. The Morgan fingerprint density at radius 2 is 1.58 bits per heavy atom. The van der Waals surface area contributed by atoms with Gasteiger partial charge in [-0.1, -0.05) is 96.1 Å².